The number of carbonyl (C=O) groups excluding carboxylic acids is 1. The standard InChI is InChI=1S/C17H22N2O3S/c1-13-12-16(17(20)18-10-7-11-23(3,21)22)14(2)19(13)15-8-5-4-6-9-15/h4-6,8-9,12H,7,10-11H2,1-3H3,(H,18,20). The zero-order valence-corrected chi connectivity index (χ0v) is 14.5. The molecule has 1 heterocycles. The lowest BCUT2D eigenvalue weighted by Crippen LogP contribution is -2.26. The highest BCUT2D eigenvalue weighted by Gasteiger charge is 2.16. The summed E-state index contributed by atoms with van der Waals surface area (Å²) >= 11 is 0. The van der Waals surface area contributed by atoms with Crippen LogP contribution in [0.3, 0.4) is 0 Å². The molecule has 0 aliphatic rings. The number of hydrogen-bond donors (Lipinski definition) is 1. The summed E-state index contributed by atoms with van der Waals surface area (Å²) in [6, 6.07) is 11.7. The Kier molecular flexibility index (Phi) is 5.26. The van der Waals surface area contributed by atoms with E-state index in [0.717, 1.165) is 17.1 Å². The van der Waals surface area contributed by atoms with Gasteiger partial charge in [-0.1, -0.05) is 18.2 Å². The van der Waals surface area contributed by atoms with E-state index in [4.69, 9.17) is 0 Å². The Morgan fingerprint density at radius 3 is 2.43 bits per heavy atom. The van der Waals surface area contributed by atoms with Crippen molar-refractivity contribution in [3.05, 3.63) is 53.3 Å². The number of nitrogens with one attached hydrogen (secondary N) is 1. The first-order valence-corrected chi connectivity index (χ1v) is 9.56. The molecule has 1 N–H and O–H groups in total. The molecule has 2 rings (SSSR count). The molecule has 0 saturated heterocycles. The molecule has 0 bridgehead atoms. The van der Waals surface area contributed by atoms with Crippen LogP contribution in [0.1, 0.15) is 28.2 Å². The number of hydrogen-bond acceptors (Lipinski definition) is 3. The van der Waals surface area contributed by atoms with Crippen molar-refractivity contribution in [2.75, 3.05) is 18.6 Å². The summed E-state index contributed by atoms with van der Waals surface area (Å²) in [5.41, 5.74) is 3.48. The van der Waals surface area contributed by atoms with Gasteiger partial charge in [-0.2, -0.15) is 0 Å². The van der Waals surface area contributed by atoms with Crippen LogP contribution in [0.25, 0.3) is 5.69 Å². The lowest BCUT2D eigenvalue weighted by molar-refractivity contribution is 0.0953. The molecule has 0 atom stereocenters. The predicted molar refractivity (Wildman–Crippen MR) is 91.9 cm³/mol. The van der Waals surface area contributed by atoms with Gasteiger partial charge in [0.25, 0.3) is 5.91 Å². The Morgan fingerprint density at radius 2 is 1.83 bits per heavy atom. The van der Waals surface area contributed by atoms with Gasteiger partial charge in [0.2, 0.25) is 0 Å². The molecule has 0 radical (unpaired) electrons. The number of sulfone groups is 1. The highest BCUT2D eigenvalue weighted by Crippen LogP contribution is 2.20. The molecule has 0 unspecified atom stereocenters. The summed E-state index contributed by atoms with van der Waals surface area (Å²) < 4.78 is 24.2. The van der Waals surface area contributed by atoms with Crippen LogP contribution in [0.15, 0.2) is 36.4 Å². The molecule has 0 fully saturated rings. The number of rotatable bonds is 6. The van der Waals surface area contributed by atoms with E-state index in [2.05, 4.69) is 5.32 Å². The van der Waals surface area contributed by atoms with Crippen molar-refractivity contribution in [3.63, 3.8) is 0 Å². The van der Waals surface area contributed by atoms with Gasteiger partial charge in [-0.25, -0.2) is 8.42 Å². The van der Waals surface area contributed by atoms with Crippen LogP contribution >= 0.6 is 0 Å². The van der Waals surface area contributed by atoms with Crippen LogP contribution in [-0.2, 0) is 9.84 Å². The maximum atomic E-state index is 12.3. The van der Waals surface area contributed by atoms with Crippen LogP contribution in [0.5, 0.6) is 0 Å². The van der Waals surface area contributed by atoms with E-state index < -0.39 is 9.84 Å². The van der Waals surface area contributed by atoms with E-state index in [1.165, 1.54) is 6.26 Å². The van der Waals surface area contributed by atoms with Crippen LogP contribution in [0, 0.1) is 13.8 Å². The molecular formula is C17H22N2O3S. The second-order valence-corrected chi connectivity index (χ2v) is 7.95. The van der Waals surface area contributed by atoms with Crippen molar-refractivity contribution < 1.29 is 13.2 Å². The van der Waals surface area contributed by atoms with Crippen molar-refractivity contribution in [1.29, 1.82) is 0 Å². The molecule has 124 valence electrons. The smallest absolute Gasteiger partial charge is 0.253 e. The van der Waals surface area contributed by atoms with E-state index in [1.807, 2.05) is 54.8 Å². The molecule has 0 aliphatic carbocycles. The summed E-state index contributed by atoms with van der Waals surface area (Å²) in [7, 11) is -2.99. The fraction of sp³-hybridized carbons (Fsp3) is 0.353. The van der Waals surface area contributed by atoms with E-state index in [-0.39, 0.29) is 11.7 Å². The summed E-state index contributed by atoms with van der Waals surface area (Å²) in [6.45, 7) is 4.22. The number of amides is 1. The Hall–Kier alpha value is -2.08. The topological polar surface area (TPSA) is 68.2 Å². The van der Waals surface area contributed by atoms with Crippen LogP contribution < -0.4 is 5.32 Å². The summed E-state index contributed by atoms with van der Waals surface area (Å²) in [5, 5.41) is 2.79. The molecule has 1 aromatic carbocycles. The average molecular weight is 334 g/mol. The Labute approximate surface area is 137 Å². The van der Waals surface area contributed by atoms with Gasteiger partial charge in [0, 0.05) is 29.9 Å². The molecular weight excluding hydrogens is 312 g/mol. The lowest BCUT2D eigenvalue weighted by atomic mass is 10.2. The Balaban J connectivity index is 2.11. The zero-order valence-electron chi connectivity index (χ0n) is 13.7. The first-order valence-electron chi connectivity index (χ1n) is 7.50. The number of nitrogens with zero attached hydrogens (tertiary/aromatic N) is 1. The van der Waals surface area contributed by atoms with E-state index >= 15 is 0 Å². The third-order valence-electron chi connectivity index (χ3n) is 3.67. The first-order chi connectivity index (χ1) is 10.8. The number of benzene rings is 1. The monoisotopic (exact) mass is 334 g/mol. The van der Waals surface area contributed by atoms with Gasteiger partial charge >= 0.3 is 0 Å². The minimum absolute atomic E-state index is 0.0797. The highest BCUT2D eigenvalue weighted by atomic mass is 32.2. The number of aryl methyl sites for hydroxylation is 1. The molecule has 1 aromatic heterocycles. The molecule has 2 aromatic rings. The third-order valence-corrected chi connectivity index (χ3v) is 4.70. The number of aromatic nitrogens is 1. The van der Waals surface area contributed by atoms with E-state index in [9.17, 15) is 13.2 Å². The van der Waals surface area contributed by atoms with Crippen molar-refractivity contribution in [2.24, 2.45) is 0 Å². The molecule has 6 heteroatoms. The van der Waals surface area contributed by atoms with Crippen LogP contribution in [0.4, 0.5) is 0 Å². The quantitative estimate of drug-likeness (QED) is 0.824. The Bertz CT molecular complexity index is 793. The fourth-order valence-electron chi connectivity index (χ4n) is 2.60. The molecule has 1 amide bonds. The maximum Gasteiger partial charge on any atom is 0.253 e. The minimum Gasteiger partial charge on any atom is -0.352 e. The normalized spacial score (nSPS) is 11.4. The first kappa shape index (κ1) is 17.3. The van der Waals surface area contributed by atoms with Gasteiger partial charge in [0.15, 0.2) is 0 Å². The van der Waals surface area contributed by atoms with Crippen LogP contribution in [0.2, 0.25) is 0 Å². The van der Waals surface area contributed by atoms with Gasteiger partial charge < -0.3 is 9.88 Å². The van der Waals surface area contributed by atoms with Crippen molar-refractivity contribution >= 4 is 15.7 Å². The average Bonchev–Trinajstić information content (AvgIpc) is 2.78. The molecule has 0 spiro atoms. The number of para-hydroxylation sites is 1. The predicted octanol–water partition coefficient (Wildman–Crippen LogP) is 2.26. The van der Waals surface area contributed by atoms with Gasteiger partial charge in [-0.15, -0.1) is 0 Å². The summed E-state index contributed by atoms with van der Waals surface area (Å²) in [5.74, 6) is -0.0927. The van der Waals surface area contributed by atoms with Gasteiger partial charge in [-0.3, -0.25) is 4.79 Å². The highest BCUT2D eigenvalue weighted by molar-refractivity contribution is 7.90. The fourth-order valence-corrected chi connectivity index (χ4v) is 3.27. The largest absolute Gasteiger partial charge is 0.352 e. The van der Waals surface area contributed by atoms with E-state index in [1.54, 1.807) is 0 Å². The van der Waals surface area contributed by atoms with Gasteiger partial charge in [-0.05, 0) is 38.5 Å². The SMILES string of the molecule is Cc1cc(C(=O)NCCCS(C)(=O)=O)c(C)n1-c1ccccc1. The van der Waals surface area contributed by atoms with Gasteiger partial charge in [0.05, 0.1) is 11.3 Å². The second-order valence-electron chi connectivity index (χ2n) is 5.70. The zero-order chi connectivity index (χ0) is 17.0. The third kappa shape index (κ3) is 4.45. The molecule has 0 aliphatic heterocycles. The summed E-state index contributed by atoms with van der Waals surface area (Å²) in [6.07, 6.45) is 1.62. The molecule has 0 saturated carbocycles. The van der Waals surface area contributed by atoms with Crippen molar-refractivity contribution in [2.45, 2.75) is 20.3 Å². The number of carbonyl (C=O) groups is 1. The maximum absolute atomic E-state index is 12.3. The Morgan fingerprint density at radius 1 is 1.17 bits per heavy atom. The van der Waals surface area contributed by atoms with Crippen molar-refractivity contribution in [3.8, 4) is 5.69 Å². The van der Waals surface area contributed by atoms with Crippen LogP contribution in [-0.4, -0.2) is 37.4 Å². The van der Waals surface area contributed by atoms with Crippen molar-refractivity contribution in [1.82, 2.24) is 9.88 Å². The van der Waals surface area contributed by atoms with Gasteiger partial charge in [0.1, 0.15) is 9.84 Å². The lowest BCUT2D eigenvalue weighted by Gasteiger charge is -2.10. The second kappa shape index (κ2) is 7.00. The molecule has 23 heavy (non-hydrogen) atoms. The van der Waals surface area contributed by atoms with E-state index in [0.29, 0.717) is 18.5 Å². The summed E-state index contributed by atoms with van der Waals surface area (Å²) in [4.78, 5) is 12.3. The molecule has 5 nitrogen and oxygen atoms in total. The minimum atomic E-state index is -2.99.